The summed E-state index contributed by atoms with van der Waals surface area (Å²) < 4.78 is 5.43. The van der Waals surface area contributed by atoms with E-state index in [1.807, 2.05) is 44.2 Å². The highest BCUT2D eigenvalue weighted by Gasteiger charge is 2.18. The Morgan fingerprint density at radius 3 is 2.59 bits per heavy atom. The van der Waals surface area contributed by atoms with Crippen molar-refractivity contribution in [2.75, 3.05) is 12.5 Å². The maximum Gasteiger partial charge on any atom is 0.223 e. The number of carbonyl (C=O) groups is 1. The van der Waals surface area contributed by atoms with Crippen molar-refractivity contribution in [1.82, 2.24) is 5.32 Å². The molecule has 0 aliphatic rings. The standard InChI is InChI=1S/C13H18ClNO2/c1-13(2,10-14)15-12(16)8-9-17-11-6-4-3-5-7-11/h3-7H,8-10H2,1-2H3,(H,15,16). The van der Waals surface area contributed by atoms with Crippen LogP contribution in [0.4, 0.5) is 0 Å². The number of benzene rings is 1. The van der Waals surface area contributed by atoms with Gasteiger partial charge in [0.15, 0.2) is 0 Å². The lowest BCUT2D eigenvalue weighted by Crippen LogP contribution is -2.45. The fourth-order valence-corrected chi connectivity index (χ4v) is 1.32. The molecule has 0 atom stereocenters. The van der Waals surface area contributed by atoms with Crippen LogP contribution in [0.1, 0.15) is 20.3 Å². The highest BCUT2D eigenvalue weighted by atomic mass is 35.5. The van der Waals surface area contributed by atoms with Crippen molar-refractivity contribution in [3.63, 3.8) is 0 Å². The van der Waals surface area contributed by atoms with Crippen molar-refractivity contribution in [2.45, 2.75) is 25.8 Å². The summed E-state index contributed by atoms with van der Waals surface area (Å²) >= 11 is 5.72. The minimum atomic E-state index is -0.370. The zero-order valence-electron chi connectivity index (χ0n) is 10.2. The van der Waals surface area contributed by atoms with E-state index in [0.29, 0.717) is 18.9 Å². The highest BCUT2D eigenvalue weighted by molar-refractivity contribution is 6.18. The molecule has 3 nitrogen and oxygen atoms in total. The molecule has 0 aromatic heterocycles. The van der Waals surface area contributed by atoms with Crippen LogP contribution in [0.15, 0.2) is 30.3 Å². The van der Waals surface area contributed by atoms with Crippen LogP contribution in [0.3, 0.4) is 0 Å². The maximum atomic E-state index is 11.6. The van der Waals surface area contributed by atoms with E-state index in [-0.39, 0.29) is 11.4 Å². The molecule has 0 aliphatic carbocycles. The molecule has 0 spiro atoms. The van der Waals surface area contributed by atoms with E-state index in [1.54, 1.807) is 0 Å². The number of ether oxygens (including phenoxy) is 1. The van der Waals surface area contributed by atoms with Crippen molar-refractivity contribution in [1.29, 1.82) is 0 Å². The van der Waals surface area contributed by atoms with E-state index in [0.717, 1.165) is 5.75 Å². The van der Waals surface area contributed by atoms with Crippen LogP contribution in [-0.2, 0) is 4.79 Å². The minimum Gasteiger partial charge on any atom is -0.493 e. The molecule has 1 rings (SSSR count). The molecule has 1 aromatic carbocycles. The van der Waals surface area contributed by atoms with Gasteiger partial charge < -0.3 is 10.1 Å². The average Bonchev–Trinajstić information content (AvgIpc) is 2.30. The molecular weight excluding hydrogens is 238 g/mol. The van der Waals surface area contributed by atoms with Crippen molar-refractivity contribution in [3.05, 3.63) is 30.3 Å². The Bertz CT molecular complexity index is 352. The van der Waals surface area contributed by atoms with Crippen LogP contribution < -0.4 is 10.1 Å². The van der Waals surface area contributed by atoms with Gasteiger partial charge in [-0.25, -0.2) is 0 Å². The fraction of sp³-hybridized carbons (Fsp3) is 0.462. The van der Waals surface area contributed by atoms with Crippen molar-refractivity contribution in [2.24, 2.45) is 0 Å². The quantitative estimate of drug-likeness (QED) is 0.794. The van der Waals surface area contributed by atoms with Crippen molar-refractivity contribution in [3.8, 4) is 5.75 Å². The smallest absolute Gasteiger partial charge is 0.223 e. The summed E-state index contributed by atoms with van der Waals surface area (Å²) in [5.74, 6) is 1.11. The van der Waals surface area contributed by atoms with Gasteiger partial charge in [-0.1, -0.05) is 18.2 Å². The number of halogens is 1. The molecule has 0 heterocycles. The zero-order chi connectivity index (χ0) is 12.7. The Labute approximate surface area is 107 Å². The Kier molecular flexibility index (Phi) is 5.29. The number of amides is 1. The lowest BCUT2D eigenvalue weighted by atomic mass is 10.1. The molecule has 4 heteroatoms. The molecule has 17 heavy (non-hydrogen) atoms. The lowest BCUT2D eigenvalue weighted by molar-refractivity contribution is -0.122. The molecule has 1 amide bonds. The first kappa shape index (κ1) is 13.8. The number of alkyl halides is 1. The van der Waals surface area contributed by atoms with Crippen molar-refractivity contribution < 1.29 is 9.53 Å². The molecule has 0 saturated carbocycles. The summed E-state index contributed by atoms with van der Waals surface area (Å²) in [6.07, 6.45) is 0.329. The topological polar surface area (TPSA) is 38.3 Å². The van der Waals surface area contributed by atoms with E-state index < -0.39 is 0 Å². The number of carbonyl (C=O) groups excluding carboxylic acids is 1. The number of para-hydroxylation sites is 1. The number of rotatable bonds is 6. The summed E-state index contributed by atoms with van der Waals surface area (Å²) in [6.45, 7) is 4.14. The third-order valence-corrected chi connectivity index (χ3v) is 2.82. The average molecular weight is 256 g/mol. The molecular formula is C13H18ClNO2. The third-order valence-electron chi connectivity index (χ3n) is 2.15. The second kappa shape index (κ2) is 6.50. The van der Waals surface area contributed by atoms with Crippen LogP contribution in [-0.4, -0.2) is 23.9 Å². The Balaban J connectivity index is 2.25. The van der Waals surface area contributed by atoms with Crippen LogP contribution in [0.25, 0.3) is 0 Å². The molecule has 0 unspecified atom stereocenters. The first-order chi connectivity index (χ1) is 8.03. The van der Waals surface area contributed by atoms with Crippen LogP contribution in [0.5, 0.6) is 5.75 Å². The molecule has 0 aliphatic heterocycles. The second-order valence-corrected chi connectivity index (χ2v) is 4.74. The van der Waals surface area contributed by atoms with Crippen LogP contribution in [0, 0.1) is 0 Å². The van der Waals surface area contributed by atoms with Gasteiger partial charge >= 0.3 is 0 Å². The summed E-state index contributed by atoms with van der Waals surface area (Å²) in [6, 6.07) is 9.43. The van der Waals surface area contributed by atoms with E-state index in [1.165, 1.54) is 0 Å². The normalized spacial score (nSPS) is 11.0. The summed E-state index contributed by atoms with van der Waals surface area (Å²) in [5.41, 5.74) is -0.370. The van der Waals surface area contributed by atoms with E-state index in [2.05, 4.69) is 5.32 Å². The highest BCUT2D eigenvalue weighted by Crippen LogP contribution is 2.09. The Morgan fingerprint density at radius 2 is 2.00 bits per heavy atom. The third kappa shape index (κ3) is 5.59. The van der Waals surface area contributed by atoms with E-state index in [9.17, 15) is 4.79 Å². The van der Waals surface area contributed by atoms with Gasteiger partial charge in [-0.15, -0.1) is 11.6 Å². The first-order valence-corrected chi connectivity index (χ1v) is 6.12. The zero-order valence-corrected chi connectivity index (χ0v) is 11.0. The predicted octanol–water partition coefficient (Wildman–Crippen LogP) is 2.59. The fourth-order valence-electron chi connectivity index (χ4n) is 1.25. The van der Waals surface area contributed by atoms with Gasteiger partial charge in [0, 0.05) is 11.4 Å². The van der Waals surface area contributed by atoms with Crippen LogP contribution >= 0.6 is 11.6 Å². The van der Waals surface area contributed by atoms with Gasteiger partial charge in [0.2, 0.25) is 5.91 Å². The number of nitrogens with one attached hydrogen (secondary N) is 1. The molecule has 1 aromatic rings. The lowest BCUT2D eigenvalue weighted by Gasteiger charge is -2.23. The van der Waals surface area contributed by atoms with Crippen molar-refractivity contribution >= 4 is 17.5 Å². The Hall–Kier alpha value is -1.22. The maximum absolute atomic E-state index is 11.6. The van der Waals surface area contributed by atoms with Gasteiger partial charge in [0.05, 0.1) is 13.0 Å². The summed E-state index contributed by atoms with van der Waals surface area (Å²) in [5, 5.41) is 2.84. The van der Waals surface area contributed by atoms with E-state index >= 15 is 0 Å². The van der Waals surface area contributed by atoms with E-state index in [4.69, 9.17) is 16.3 Å². The molecule has 1 N–H and O–H groups in total. The summed E-state index contributed by atoms with van der Waals surface area (Å²) in [4.78, 5) is 11.6. The van der Waals surface area contributed by atoms with Gasteiger partial charge in [-0.05, 0) is 26.0 Å². The van der Waals surface area contributed by atoms with Gasteiger partial charge in [-0.2, -0.15) is 0 Å². The number of hydrogen-bond acceptors (Lipinski definition) is 2. The van der Waals surface area contributed by atoms with Gasteiger partial charge in [-0.3, -0.25) is 4.79 Å². The SMILES string of the molecule is CC(C)(CCl)NC(=O)CCOc1ccccc1. The molecule has 0 radical (unpaired) electrons. The largest absolute Gasteiger partial charge is 0.493 e. The molecule has 0 fully saturated rings. The minimum absolute atomic E-state index is 0.0495. The first-order valence-electron chi connectivity index (χ1n) is 5.58. The Morgan fingerprint density at radius 1 is 1.35 bits per heavy atom. The summed E-state index contributed by atoms with van der Waals surface area (Å²) in [7, 11) is 0. The van der Waals surface area contributed by atoms with Gasteiger partial charge in [0.25, 0.3) is 0 Å². The van der Waals surface area contributed by atoms with Gasteiger partial charge in [0.1, 0.15) is 5.75 Å². The predicted molar refractivity (Wildman–Crippen MR) is 69.5 cm³/mol. The monoisotopic (exact) mass is 255 g/mol. The molecule has 0 bridgehead atoms. The second-order valence-electron chi connectivity index (χ2n) is 4.48. The van der Waals surface area contributed by atoms with Crippen LogP contribution in [0.2, 0.25) is 0 Å². The molecule has 0 saturated heterocycles. The number of hydrogen-bond donors (Lipinski definition) is 1. The molecule has 94 valence electrons.